The summed E-state index contributed by atoms with van der Waals surface area (Å²) in [6, 6.07) is 0. The van der Waals surface area contributed by atoms with Crippen LogP contribution in [-0.4, -0.2) is 60.4 Å². The van der Waals surface area contributed by atoms with E-state index >= 15 is 0 Å². The van der Waals surface area contributed by atoms with Crippen LogP contribution < -0.4 is 0 Å². The number of piperidine rings is 1. The quantitative estimate of drug-likeness (QED) is 0.698. The molecular weight excluding hydrogens is 272 g/mol. The molecule has 2 saturated heterocycles. The van der Waals surface area contributed by atoms with Gasteiger partial charge in [-0.1, -0.05) is 12.8 Å². The van der Waals surface area contributed by atoms with Crippen molar-refractivity contribution >= 4 is 17.7 Å². The van der Waals surface area contributed by atoms with Gasteiger partial charge in [-0.15, -0.1) is 0 Å². The highest BCUT2D eigenvalue weighted by Gasteiger charge is 2.45. The summed E-state index contributed by atoms with van der Waals surface area (Å²) in [7, 11) is 0. The lowest BCUT2D eigenvalue weighted by Crippen LogP contribution is -2.52. The molecule has 0 aromatic heterocycles. The predicted octanol–water partition coefficient (Wildman–Crippen LogP) is 0.555. The first-order chi connectivity index (χ1) is 10.1. The molecule has 2 heterocycles. The summed E-state index contributed by atoms with van der Waals surface area (Å²) in [4.78, 5) is 39.6. The highest BCUT2D eigenvalue weighted by Crippen LogP contribution is 2.46. The van der Waals surface area contributed by atoms with Crippen LogP contribution in [0.4, 0.5) is 0 Å². The Kier molecular flexibility index (Phi) is 3.97. The number of imide groups is 1. The molecule has 2 aliphatic heterocycles. The Balaban J connectivity index is 1.62. The number of carbonyl (C=O) groups excluding carboxylic acids is 3. The third-order valence-electron chi connectivity index (χ3n) is 4.98. The second kappa shape index (κ2) is 5.75. The highest BCUT2D eigenvalue weighted by atomic mass is 16.5. The standard InChI is InChI=1S/C15H22N2O4/c18-12-9-15(3-1-2-4-15)10-13(19)17(12)11-14(20)16-5-7-21-8-6-16/h1-11H2. The molecule has 0 aromatic rings. The van der Waals surface area contributed by atoms with Crippen LogP contribution in [0.3, 0.4) is 0 Å². The van der Waals surface area contributed by atoms with Gasteiger partial charge in [-0.05, 0) is 18.3 Å². The lowest BCUT2D eigenvalue weighted by atomic mass is 9.76. The molecule has 3 fully saturated rings. The summed E-state index contributed by atoms with van der Waals surface area (Å²) in [5.74, 6) is -0.494. The number of hydrogen-bond acceptors (Lipinski definition) is 4. The second-order valence-corrected chi connectivity index (χ2v) is 6.43. The van der Waals surface area contributed by atoms with E-state index in [0.29, 0.717) is 39.1 Å². The van der Waals surface area contributed by atoms with E-state index in [1.54, 1.807) is 4.90 Å². The summed E-state index contributed by atoms with van der Waals surface area (Å²) < 4.78 is 5.20. The van der Waals surface area contributed by atoms with Crippen LogP contribution in [0.5, 0.6) is 0 Å². The van der Waals surface area contributed by atoms with Crippen LogP contribution in [0.1, 0.15) is 38.5 Å². The van der Waals surface area contributed by atoms with Gasteiger partial charge in [0.15, 0.2) is 0 Å². The normalized spacial score (nSPS) is 25.7. The SMILES string of the molecule is O=C(CN1C(=O)CC2(CCCC2)CC1=O)N1CCOCC1. The van der Waals surface area contributed by atoms with E-state index in [-0.39, 0.29) is 29.7 Å². The number of amides is 3. The third-order valence-corrected chi connectivity index (χ3v) is 4.98. The molecule has 116 valence electrons. The smallest absolute Gasteiger partial charge is 0.242 e. The summed E-state index contributed by atoms with van der Waals surface area (Å²) >= 11 is 0. The van der Waals surface area contributed by atoms with E-state index < -0.39 is 0 Å². The molecule has 0 radical (unpaired) electrons. The van der Waals surface area contributed by atoms with Crippen LogP contribution in [0.2, 0.25) is 0 Å². The number of rotatable bonds is 2. The largest absolute Gasteiger partial charge is 0.378 e. The molecular formula is C15H22N2O4. The van der Waals surface area contributed by atoms with Crippen molar-refractivity contribution in [3.8, 4) is 0 Å². The Morgan fingerprint density at radius 1 is 1.05 bits per heavy atom. The lowest BCUT2D eigenvalue weighted by Gasteiger charge is -2.37. The van der Waals surface area contributed by atoms with Gasteiger partial charge >= 0.3 is 0 Å². The number of carbonyl (C=O) groups is 3. The number of hydrogen-bond donors (Lipinski definition) is 0. The Bertz CT molecular complexity index is 431. The molecule has 3 rings (SSSR count). The number of ether oxygens (including phenoxy) is 1. The average Bonchev–Trinajstić information content (AvgIpc) is 2.91. The zero-order valence-electron chi connectivity index (χ0n) is 12.3. The van der Waals surface area contributed by atoms with Crippen molar-refractivity contribution in [1.82, 2.24) is 9.80 Å². The third kappa shape index (κ3) is 2.95. The molecule has 6 nitrogen and oxygen atoms in total. The van der Waals surface area contributed by atoms with Gasteiger partial charge in [-0.25, -0.2) is 0 Å². The van der Waals surface area contributed by atoms with Gasteiger partial charge in [0.05, 0.1) is 13.2 Å². The summed E-state index contributed by atoms with van der Waals surface area (Å²) in [5, 5.41) is 0. The van der Waals surface area contributed by atoms with Gasteiger partial charge in [-0.3, -0.25) is 19.3 Å². The topological polar surface area (TPSA) is 66.9 Å². The maximum atomic E-state index is 12.3. The first-order valence-electron chi connectivity index (χ1n) is 7.78. The Morgan fingerprint density at radius 3 is 2.19 bits per heavy atom. The number of likely N-dealkylation sites (tertiary alicyclic amines) is 1. The van der Waals surface area contributed by atoms with Gasteiger partial charge in [0.1, 0.15) is 6.54 Å². The number of nitrogens with zero attached hydrogens (tertiary/aromatic N) is 2. The Hall–Kier alpha value is -1.43. The van der Waals surface area contributed by atoms with Crippen molar-refractivity contribution < 1.29 is 19.1 Å². The van der Waals surface area contributed by atoms with Crippen molar-refractivity contribution in [2.45, 2.75) is 38.5 Å². The maximum absolute atomic E-state index is 12.3. The first kappa shape index (κ1) is 14.5. The van der Waals surface area contributed by atoms with Crippen LogP contribution in [-0.2, 0) is 19.1 Å². The monoisotopic (exact) mass is 294 g/mol. The second-order valence-electron chi connectivity index (χ2n) is 6.43. The van der Waals surface area contributed by atoms with Gasteiger partial charge in [0.25, 0.3) is 0 Å². The Morgan fingerprint density at radius 2 is 1.62 bits per heavy atom. The van der Waals surface area contributed by atoms with Crippen molar-refractivity contribution in [2.75, 3.05) is 32.8 Å². The zero-order valence-corrected chi connectivity index (χ0v) is 12.3. The fraction of sp³-hybridized carbons (Fsp3) is 0.800. The fourth-order valence-corrected chi connectivity index (χ4v) is 3.74. The molecule has 0 aromatic carbocycles. The van der Waals surface area contributed by atoms with E-state index in [9.17, 15) is 14.4 Å². The van der Waals surface area contributed by atoms with E-state index in [0.717, 1.165) is 25.7 Å². The fourth-order valence-electron chi connectivity index (χ4n) is 3.74. The van der Waals surface area contributed by atoms with Crippen molar-refractivity contribution in [2.24, 2.45) is 5.41 Å². The molecule has 1 aliphatic carbocycles. The predicted molar refractivity (Wildman–Crippen MR) is 74.3 cm³/mol. The van der Waals surface area contributed by atoms with E-state index in [4.69, 9.17) is 4.74 Å². The van der Waals surface area contributed by atoms with Gasteiger partial charge in [-0.2, -0.15) is 0 Å². The van der Waals surface area contributed by atoms with Crippen LogP contribution >= 0.6 is 0 Å². The van der Waals surface area contributed by atoms with E-state index in [2.05, 4.69) is 0 Å². The summed E-state index contributed by atoms with van der Waals surface area (Å²) in [5.41, 5.74) is -0.104. The van der Waals surface area contributed by atoms with Crippen molar-refractivity contribution in [3.05, 3.63) is 0 Å². The van der Waals surface area contributed by atoms with Crippen LogP contribution in [0, 0.1) is 5.41 Å². The molecule has 0 N–H and O–H groups in total. The van der Waals surface area contributed by atoms with Crippen LogP contribution in [0.25, 0.3) is 0 Å². The minimum Gasteiger partial charge on any atom is -0.378 e. The van der Waals surface area contributed by atoms with E-state index in [1.165, 1.54) is 4.90 Å². The maximum Gasteiger partial charge on any atom is 0.242 e. The lowest BCUT2D eigenvalue weighted by molar-refractivity contribution is -0.158. The van der Waals surface area contributed by atoms with Crippen molar-refractivity contribution in [3.63, 3.8) is 0 Å². The molecule has 1 saturated carbocycles. The first-order valence-corrected chi connectivity index (χ1v) is 7.78. The Labute approximate surface area is 124 Å². The van der Waals surface area contributed by atoms with Gasteiger partial charge < -0.3 is 9.64 Å². The minimum absolute atomic E-state index is 0.103. The van der Waals surface area contributed by atoms with Crippen LogP contribution in [0.15, 0.2) is 0 Å². The molecule has 1 spiro atoms. The summed E-state index contributed by atoms with van der Waals surface area (Å²) in [6.07, 6.45) is 5.00. The van der Waals surface area contributed by atoms with Gasteiger partial charge in [0, 0.05) is 25.9 Å². The average molecular weight is 294 g/mol. The minimum atomic E-state index is -0.172. The zero-order chi connectivity index (χ0) is 14.9. The molecule has 0 atom stereocenters. The van der Waals surface area contributed by atoms with Crippen molar-refractivity contribution in [1.29, 1.82) is 0 Å². The van der Waals surface area contributed by atoms with Gasteiger partial charge in [0.2, 0.25) is 17.7 Å². The molecule has 21 heavy (non-hydrogen) atoms. The number of morpholine rings is 1. The summed E-state index contributed by atoms with van der Waals surface area (Å²) in [6.45, 7) is 2.03. The highest BCUT2D eigenvalue weighted by molar-refractivity contribution is 6.01. The van der Waals surface area contributed by atoms with E-state index in [1.807, 2.05) is 0 Å². The molecule has 3 aliphatic rings. The molecule has 6 heteroatoms. The molecule has 0 bridgehead atoms. The molecule has 0 unspecified atom stereocenters. The molecule has 3 amide bonds.